The summed E-state index contributed by atoms with van der Waals surface area (Å²) in [5.41, 5.74) is 0.252. The average molecular weight is 371 g/mol. The highest BCUT2D eigenvalue weighted by molar-refractivity contribution is 5.94. The van der Waals surface area contributed by atoms with Gasteiger partial charge in [0.05, 0.1) is 5.41 Å². The van der Waals surface area contributed by atoms with E-state index in [1.165, 1.54) is 12.5 Å². The number of nitrogens with zero attached hydrogens (tertiary/aromatic N) is 3. The molecule has 2 aromatic rings. The first-order valence-electron chi connectivity index (χ1n) is 9.22. The van der Waals surface area contributed by atoms with Gasteiger partial charge in [-0.2, -0.15) is 0 Å². The van der Waals surface area contributed by atoms with E-state index in [-0.39, 0.29) is 24.2 Å². The molecule has 1 aromatic carbocycles. The van der Waals surface area contributed by atoms with Crippen LogP contribution in [0.4, 0.5) is 4.39 Å². The van der Waals surface area contributed by atoms with Crippen molar-refractivity contribution in [1.82, 2.24) is 14.8 Å². The Balaban J connectivity index is 1.50. The maximum atomic E-state index is 14.0. The zero-order chi connectivity index (χ0) is 19.0. The number of amides is 2. The fourth-order valence-corrected chi connectivity index (χ4v) is 4.22. The van der Waals surface area contributed by atoms with Crippen molar-refractivity contribution in [3.63, 3.8) is 0 Å². The highest BCUT2D eigenvalue weighted by atomic mass is 19.1. The Labute approximate surface area is 157 Å². The normalized spacial score (nSPS) is 22.7. The number of aryl methyl sites for hydroxylation is 1. The molecule has 27 heavy (non-hydrogen) atoms. The lowest BCUT2D eigenvalue weighted by Gasteiger charge is -2.39. The van der Waals surface area contributed by atoms with Crippen molar-refractivity contribution in [2.45, 2.75) is 32.7 Å². The SMILES string of the molecule is Cc1ocnc1C(=O)N1CCC2(CCCN(Cc3ccccc3F)C2=O)C1. The standard InChI is InChI=1S/C20H22FN3O3/c1-14-17(22-13-27-14)18(25)24-10-8-20(12-24)7-4-9-23(19(20)26)11-15-5-2-3-6-16(15)21/h2-3,5-6,13H,4,7-12H2,1H3. The number of benzene rings is 1. The van der Waals surface area contributed by atoms with Crippen LogP contribution in [0, 0.1) is 18.2 Å². The Morgan fingerprint density at radius 3 is 2.85 bits per heavy atom. The molecule has 0 saturated carbocycles. The molecular weight excluding hydrogens is 349 g/mol. The Hall–Kier alpha value is -2.70. The highest BCUT2D eigenvalue weighted by Gasteiger charge is 2.49. The Morgan fingerprint density at radius 2 is 2.11 bits per heavy atom. The number of rotatable bonds is 3. The molecule has 2 aliphatic heterocycles. The summed E-state index contributed by atoms with van der Waals surface area (Å²) in [5.74, 6) is 0.00749. The van der Waals surface area contributed by atoms with Gasteiger partial charge in [0.15, 0.2) is 12.1 Å². The van der Waals surface area contributed by atoms with Gasteiger partial charge in [-0.1, -0.05) is 18.2 Å². The largest absolute Gasteiger partial charge is 0.448 e. The van der Waals surface area contributed by atoms with Crippen molar-refractivity contribution in [2.75, 3.05) is 19.6 Å². The molecule has 1 aromatic heterocycles. The van der Waals surface area contributed by atoms with Gasteiger partial charge in [0.25, 0.3) is 5.91 Å². The Morgan fingerprint density at radius 1 is 1.30 bits per heavy atom. The first kappa shape index (κ1) is 17.7. The summed E-state index contributed by atoms with van der Waals surface area (Å²) in [4.78, 5) is 33.3. The minimum Gasteiger partial charge on any atom is -0.448 e. The molecule has 3 heterocycles. The van der Waals surface area contributed by atoms with E-state index in [1.54, 1.807) is 34.9 Å². The second-order valence-electron chi connectivity index (χ2n) is 7.44. The van der Waals surface area contributed by atoms with Gasteiger partial charge in [0.2, 0.25) is 5.91 Å². The molecule has 1 atom stereocenters. The summed E-state index contributed by atoms with van der Waals surface area (Å²) in [6, 6.07) is 6.54. The monoisotopic (exact) mass is 371 g/mol. The molecule has 0 N–H and O–H groups in total. The first-order valence-corrected chi connectivity index (χ1v) is 9.22. The lowest BCUT2D eigenvalue weighted by molar-refractivity contribution is -0.146. The van der Waals surface area contributed by atoms with Gasteiger partial charge < -0.3 is 14.2 Å². The summed E-state index contributed by atoms with van der Waals surface area (Å²) < 4.78 is 19.1. The van der Waals surface area contributed by atoms with E-state index in [4.69, 9.17) is 4.42 Å². The third-order valence-electron chi connectivity index (χ3n) is 5.73. The van der Waals surface area contributed by atoms with Gasteiger partial charge in [0.1, 0.15) is 11.6 Å². The number of carbonyl (C=O) groups is 2. The summed E-state index contributed by atoms with van der Waals surface area (Å²) >= 11 is 0. The first-order chi connectivity index (χ1) is 13.0. The molecular formula is C20H22FN3O3. The topological polar surface area (TPSA) is 66.7 Å². The van der Waals surface area contributed by atoms with E-state index in [0.717, 1.165) is 12.8 Å². The molecule has 6 nitrogen and oxygen atoms in total. The van der Waals surface area contributed by atoms with Crippen LogP contribution in [0.15, 0.2) is 35.1 Å². The van der Waals surface area contributed by atoms with Crippen LogP contribution >= 0.6 is 0 Å². The number of aromatic nitrogens is 1. The lowest BCUT2D eigenvalue weighted by atomic mass is 9.78. The summed E-state index contributed by atoms with van der Waals surface area (Å²) in [6.45, 7) is 3.48. The van der Waals surface area contributed by atoms with E-state index in [0.29, 0.717) is 43.1 Å². The lowest BCUT2D eigenvalue weighted by Crippen LogP contribution is -2.50. The zero-order valence-electron chi connectivity index (χ0n) is 15.3. The fraction of sp³-hybridized carbons (Fsp3) is 0.450. The van der Waals surface area contributed by atoms with Crippen LogP contribution < -0.4 is 0 Å². The van der Waals surface area contributed by atoms with Crippen LogP contribution in [-0.2, 0) is 11.3 Å². The van der Waals surface area contributed by atoms with E-state index in [1.807, 2.05) is 0 Å². The van der Waals surface area contributed by atoms with Crippen LogP contribution in [0.5, 0.6) is 0 Å². The fourth-order valence-electron chi connectivity index (χ4n) is 4.22. The smallest absolute Gasteiger partial charge is 0.276 e. The Bertz CT molecular complexity index is 881. The summed E-state index contributed by atoms with van der Waals surface area (Å²) in [5, 5.41) is 0. The summed E-state index contributed by atoms with van der Waals surface area (Å²) in [6.07, 6.45) is 3.49. The number of likely N-dealkylation sites (tertiary alicyclic amines) is 2. The van der Waals surface area contributed by atoms with Crippen molar-refractivity contribution in [3.05, 3.63) is 53.5 Å². The van der Waals surface area contributed by atoms with Gasteiger partial charge >= 0.3 is 0 Å². The molecule has 142 valence electrons. The van der Waals surface area contributed by atoms with Crippen molar-refractivity contribution in [1.29, 1.82) is 0 Å². The van der Waals surface area contributed by atoms with E-state index < -0.39 is 5.41 Å². The van der Waals surface area contributed by atoms with Crippen molar-refractivity contribution in [3.8, 4) is 0 Å². The van der Waals surface area contributed by atoms with Gasteiger partial charge in [0, 0.05) is 31.7 Å². The van der Waals surface area contributed by atoms with Gasteiger partial charge in [-0.25, -0.2) is 9.37 Å². The summed E-state index contributed by atoms with van der Waals surface area (Å²) in [7, 11) is 0. The maximum Gasteiger partial charge on any atom is 0.276 e. The van der Waals surface area contributed by atoms with E-state index in [2.05, 4.69) is 4.98 Å². The second-order valence-corrected chi connectivity index (χ2v) is 7.44. The predicted molar refractivity (Wildman–Crippen MR) is 95.2 cm³/mol. The molecule has 2 fully saturated rings. The molecule has 1 spiro atoms. The number of hydrogen-bond acceptors (Lipinski definition) is 4. The van der Waals surface area contributed by atoms with Crippen molar-refractivity contribution in [2.24, 2.45) is 5.41 Å². The zero-order valence-corrected chi connectivity index (χ0v) is 15.3. The highest BCUT2D eigenvalue weighted by Crippen LogP contribution is 2.41. The average Bonchev–Trinajstić information content (AvgIpc) is 3.28. The number of oxazole rings is 1. The molecule has 2 saturated heterocycles. The molecule has 7 heteroatoms. The molecule has 0 aliphatic carbocycles. The van der Waals surface area contributed by atoms with E-state index in [9.17, 15) is 14.0 Å². The maximum absolute atomic E-state index is 14.0. The molecule has 2 amide bonds. The predicted octanol–water partition coefficient (Wildman–Crippen LogP) is 2.78. The van der Waals surface area contributed by atoms with Crippen molar-refractivity contribution >= 4 is 11.8 Å². The second kappa shape index (κ2) is 6.79. The third kappa shape index (κ3) is 3.11. The van der Waals surface area contributed by atoms with Crippen LogP contribution in [0.25, 0.3) is 0 Å². The molecule has 0 radical (unpaired) electrons. The van der Waals surface area contributed by atoms with Crippen LogP contribution in [0.1, 0.15) is 41.1 Å². The van der Waals surface area contributed by atoms with Crippen LogP contribution in [0.3, 0.4) is 0 Å². The molecule has 0 bridgehead atoms. The third-order valence-corrected chi connectivity index (χ3v) is 5.73. The number of halogens is 1. The molecule has 1 unspecified atom stereocenters. The number of hydrogen-bond donors (Lipinski definition) is 0. The quantitative estimate of drug-likeness (QED) is 0.832. The minimum atomic E-state index is -0.573. The van der Waals surface area contributed by atoms with Crippen molar-refractivity contribution < 1.29 is 18.4 Å². The number of carbonyl (C=O) groups excluding carboxylic acids is 2. The van der Waals surface area contributed by atoms with Crippen LogP contribution in [-0.4, -0.2) is 46.2 Å². The Kier molecular flexibility index (Phi) is 4.45. The number of piperidine rings is 1. The van der Waals surface area contributed by atoms with Crippen LogP contribution in [0.2, 0.25) is 0 Å². The van der Waals surface area contributed by atoms with Gasteiger partial charge in [-0.15, -0.1) is 0 Å². The molecule has 4 rings (SSSR count). The van der Waals surface area contributed by atoms with E-state index >= 15 is 0 Å². The minimum absolute atomic E-state index is 0.0178. The molecule has 2 aliphatic rings. The van der Waals surface area contributed by atoms with Gasteiger partial charge in [-0.05, 0) is 32.3 Å². The van der Waals surface area contributed by atoms with Gasteiger partial charge in [-0.3, -0.25) is 9.59 Å².